The van der Waals surface area contributed by atoms with Gasteiger partial charge in [0, 0.05) is 5.75 Å². The lowest BCUT2D eigenvalue weighted by molar-refractivity contribution is -0.133. The molecule has 1 heterocycles. The summed E-state index contributed by atoms with van der Waals surface area (Å²) < 4.78 is 60.8. The topological polar surface area (TPSA) is 80.7 Å². The number of alkyl halides is 3. The third kappa shape index (κ3) is 2.68. The number of carboxylic acid groups (broad SMARTS) is 1. The van der Waals surface area contributed by atoms with Crippen LogP contribution in [0.1, 0.15) is 0 Å². The predicted octanol–water partition coefficient (Wildman–Crippen LogP) is 0.937. The monoisotopic (exact) mass is 278 g/mol. The molecule has 1 rings (SSSR count). The van der Waals surface area contributed by atoms with E-state index < -0.39 is 32.6 Å². The van der Waals surface area contributed by atoms with Gasteiger partial charge in [-0.25, -0.2) is 8.98 Å². The van der Waals surface area contributed by atoms with Crippen molar-refractivity contribution in [3.63, 3.8) is 0 Å². The van der Waals surface area contributed by atoms with Crippen LogP contribution < -0.4 is 0 Å². The summed E-state index contributed by atoms with van der Waals surface area (Å²) in [4.78, 5) is 10.5. The molecule has 0 saturated heterocycles. The van der Waals surface area contributed by atoms with E-state index in [1.165, 1.54) is 0 Å². The van der Waals surface area contributed by atoms with Crippen LogP contribution in [0.4, 0.5) is 13.2 Å². The van der Waals surface area contributed by atoms with Crippen molar-refractivity contribution in [2.45, 2.75) is 10.9 Å². The van der Waals surface area contributed by atoms with Gasteiger partial charge in [0.2, 0.25) is 0 Å². The highest BCUT2D eigenvalue weighted by Crippen LogP contribution is 2.34. The fourth-order valence-corrected chi connectivity index (χ4v) is 2.65. The van der Waals surface area contributed by atoms with E-state index in [0.29, 0.717) is 11.8 Å². The molecule has 92 valence electrons. The lowest BCUT2D eigenvalue weighted by atomic mass is 10.3. The summed E-state index contributed by atoms with van der Waals surface area (Å²) in [5.74, 6) is -1.42. The molecular weight excluding hydrogens is 273 g/mol. The molecule has 1 N–H and O–H groups in total. The van der Waals surface area contributed by atoms with Crippen LogP contribution in [0.15, 0.2) is 11.6 Å². The molecule has 0 aromatic carbocycles. The Labute approximate surface area is 92.4 Å². The van der Waals surface area contributed by atoms with Crippen molar-refractivity contribution in [2.24, 2.45) is 0 Å². The average Bonchev–Trinajstić information content (AvgIpc) is 2.49. The summed E-state index contributed by atoms with van der Waals surface area (Å²) in [6, 6.07) is 0. The zero-order chi connectivity index (χ0) is 12.6. The van der Waals surface area contributed by atoms with Crippen molar-refractivity contribution >= 4 is 27.8 Å². The summed E-state index contributed by atoms with van der Waals surface area (Å²) in [7, 11) is -5.77. The largest absolute Gasteiger partial charge is 0.523 e. The van der Waals surface area contributed by atoms with Crippen molar-refractivity contribution in [3.8, 4) is 0 Å². The van der Waals surface area contributed by atoms with Crippen molar-refractivity contribution in [1.29, 1.82) is 0 Å². The smallest absolute Gasteiger partial charge is 0.478 e. The molecule has 5 nitrogen and oxygen atoms in total. The average molecular weight is 278 g/mol. The first-order valence-electron chi connectivity index (χ1n) is 3.69. The minimum atomic E-state index is -5.77. The molecule has 16 heavy (non-hydrogen) atoms. The van der Waals surface area contributed by atoms with E-state index in [0.717, 1.165) is 6.08 Å². The predicted molar refractivity (Wildman–Crippen MR) is 48.0 cm³/mol. The van der Waals surface area contributed by atoms with E-state index in [4.69, 9.17) is 5.11 Å². The zero-order valence-corrected chi connectivity index (χ0v) is 9.03. The molecule has 0 saturated carbocycles. The lowest BCUT2D eigenvalue weighted by Crippen LogP contribution is -2.30. The van der Waals surface area contributed by atoms with Gasteiger partial charge in [-0.1, -0.05) is 6.08 Å². The molecule has 0 fully saturated rings. The molecular formula is C6H5F3O5S2. The van der Waals surface area contributed by atoms with Gasteiger partial charge < -0.3 is 5.11 Å². The molecule has 0 bridgehead atoms. The van der Waals surface area contributed by atoms with Crippen molar-refractivity contribution < 1.29 is 35.7 Å². The van der Waals surface area contributed by atoms with Crippen LogP contribution in [0.3, 0.4) is 0 Å². The summed E-state index contributed by atoms with van der Waals surface area (Å²) in [5.41, 5.74) is -7.71. The first-order chi connectivity index (χ1) is 7.15. The molecule has 0 aliphatic carbocycles. The van der Waals surface area contributed by atoms with Crippen molar-refractivity contribution in [3.05, 3.63) is 11.6 Å². The standard InChI is InChI=1S/C6H5F3O5S2/c7-6(8,9)16(12,13)14-5-3(4(10)11)1-2-15-5/h1,5H,2H2,(H,10,11). The Hall–Kier alpha value is -0.740. The van der Waals surface area contributed by atoms with Gasteiger partial charge in [0.25, 0.3) is 0 Å². The number of hydrogen-bond acceptors (Lipinski definition) is 5. The fourth-order valence-electron chi connectivity index (χ4n) is 0.849. The van der Waals surface area contributed by atoms with Crippen molar-refractivity contribution in [2.75, 3.05) is 5.75 Å². The molecule has 0 aromatic heterocycles. The van der Waals surface area contributed by atoms with Crippen LogP contribution in [0, 0.1) is 0 Å². The van der Waals surface area contributed by atoms with E-state index in [9.17, 15) is 26.4 Å². The molecule has 1 aliphatic rings. The highest BCUT2D eigenvalue weighted by atomic mass is 32.2. The molecule has 0 radical (unpaired) electrons. The second kappa shape index (κ2) is 4.26. The Morgan fingerprint density at radius 3 is 2.56 bits per heavy atom. The summed E-state index contributed by atoms with van der Waals surface area (Å²) in [5, 5.41) is 8.55. The summed E-state index contributed by atoms with van der Waals surface area (Å²) in [6.07, 6.45) is 1.10. The Morgan fingerprint density at radius 1 is 1.56 bits per heavy atom. The molecule has 0 aromatic rings. The number of carboxylic acids is 1. The molecule has 0 amide bonds. The summed E-state index contributed by atoms with van der Waals surface area (Å²) in [6.45, 7) is 0. The minimum Gasteiger partial charge on any atom is -0.478 e. The van der Waals surface area contributed by atoms with Crippen LogP contribution in [0.5, 0.6) is 0 Å². The lowest BCUT2D eigenvalue weighted by Gasteiger charge is -2.14. The number of carbonyl (C=O) groups is 1. The van der Waals surface area contributed by atoms with E-state index in [2.05, 4.69) is 4.18 Å². The van der Waals surface area contributed by atoms with Gasteiger partial charge in [-0.15, -0.1) is 11.8 Å². The second-order valence-corrected chi connectivity index (χ2v) is 5.28. The van der Waals surface area contributed by atoms with Gasteiger partial charge in [0.05, 0.1) is 5.57 Å². The highest BCUT2D eigenvalue weighted by molar-refractivity contribution is 8.01. The van der Waals surface area contributed by atoms with Crippen LogP contribution in [0.2, 0.25) is 0 Å². The Balaban J connectivity index is 2.85. The Bertz CT molecular complexity index is 424. The number of thioether (sulfide) groups is 1. The van der Waals surface area contributed by atoms with E-state index in [1.807, 2.05) is 0 Å². The summed E-state index contributed by atoms with van der Waals surface area (Å²) >= 11 is 0.647. The van der Waals surface area contributed by atoms with Crippen LogP contribution in [-0.2, 0) is 19.1 Å². The molecule has 1 aliphatic heterocycles. The van der Waals surface area contributed by atoms with E-state index >= 15 is 0 Å². The molecule has 10 heteroatoms. The van der Waals surface area contributed by atoms with E-state index in [1.54, 1.807) is 0 Å². The van der Waals surface area contributed by atoms with E-state index in [-0.39, 0.29) is 5.75 Å². The highest BCUT2D eigenvalue weighted by Gasteiger charge is 2.49. The fraction of sp³-hybridized carbons (Fsp3) is 0.500. The van der Waals surface area contributed by atoms with Gasteiger partial charge in [-0.2, -0.15) is 21.6 Å². The maximum Gasteiger partial charge on any atom is 0.523 e. The second-order valence-electron chi connectivity index (χ2n) is 2.63. The number of aliphatic carboxylic acids is 1. The molecule has 1 atom stereocenters. The maximum absolute atomic E-state index is 11.9. The first kappa shape index (κ1) is 13.3. The third-order valence-electron chi connectivity index (χ3n) is 1.55. The SMILES string of the molecule is O=C(O)C1=CCSC1OS(=O)(=O)C(F)(F)F. The number of rotatable bonds is 3. The Morgan fingerprint density at radius 2 is 2.12 bits per heavy atom. The normalized spacial score (nSPS) is 21.9. The van der Waals surface area contributed by atoms with Gasteiger partial charge >= 0.3 is 21.6 Å². The van der Waals surface area contributed by atoms with Gasteiger partial charge in [0.1, 0.15) is 0 Å². The minimum absolute atomic E-state index is 0.0830. The van der Waals surface area contributed by atoms with Gasteiger partial charge in [-0.05, 0) is 0 Å². The van der Waals surface area contributed by atoms with Crippen LogP contribution >= 0.6 is 11.8 Å². The zero-order valence-electron chi connectivity index (χ0n) is 7.39. The molecule has 1 unspecified atom stereocenters. The Kier molecular flexibility index (Phi) is 3.55. The first-order valence-corrected chi connectivity index (χ1v) is 6.15. The maximum atomic E-state index is 11.9. The quantitative estimate of drug-likeness (QED) is 0.611. The third-order valence-corrected chi connectivity index (χ3v) is 3.70. The van der Waals surface area contributed by atoms with Crippen molar-refractivity contribution in [1.82, 2.24) is 0 Å². The number of halogens is 3. The van der Waals surface area contributed by atoms with Crippen LogP contribution in [-0.4, -0.2) is 36.2 Å². The molecule has 0 spiro atoms. The van der Waals surface area contributed by atoms with Crippen LogP contribution in [0.25, 0.3) is 0 Å². The van der Waals surface area contributed by atoms with Gasteiger partial charge in [-0.3, -0.25) is 0 Å². The van der Waals surface area contributed by atoms with Gasteiger partial charge in [0.15, 0.2) is 5.44 Å². The number of hydrogen-bond donors (Lipinski definition) is 1.